The fraction of sp³-hybridized carbons (Fsp3) is 0.917. The molecule has 4 heteroatoms. The smallest absolute Gasteiger partial charge is 0.336 e. The Hall–Kier alpha value is -0.220. The van der Waals surface area contributed by atoms with Gasteiger partial charge in [0, 0.05) is 0 Å². The van der Waals surface area contributed by atoms with Gasteiger partial charge in [0.2, 0.25) is 0 Å². The Morgan fingerprint density at radius 2 is 1.94 bits per heavy atom. The van der Waals surface area contributed by atoms with Crippen molar-refractivity contribution in [2.24, 2.45) is 5.92 Å². The van der Waals surface area contributed by atoms with E-state index < -0.39 is 11.6 Å². The molecular weight excluding hydrogens is 224 g/mol. The van der Waals surface area contributed by atoms with Crippen molar-refractivity contribution in [3.63, 3.8) is 0 Å². The molecule has 0 radical (unpaired) electrons. The molecule has 16 heavy (non-hydrogen) atoms. The first-order chi connectivity index (χ1) is 7.46. The van der Waals surface area contributed by atoms with Crippen molar-refractivity contribution in [2.45, 2.75) is 51.7 Å². The highest BCUT2D eigenvalue weighted by Gasteiger charge is 2.42. The largest absolute Gasteiger partial charge is 0.479 e. The summed E-state index contributed by atoms with van der Waals surface area (Å²) in [7, 11) is 0. The summed E-state index contributed by atoms with van der Waals surface area (Å²) in [5.74, 6) is 1.53. The van der Waals surface area contributed by atoms with E-state index in [1.54, 1.807) is 0 Å². The van der Waals surface area contributed by atoms with Crippen LogP contribution in [0.3, 0.4) is 0 Å². The van der Waals surface area contributed by atoms with E-state index in [9.17, 15) is 9.90 Å². The van der Waals surface area contributed by atoms with Crippen LogP contribution in [0, 0.1) is 5.92 Å². The second kappa shape index (κ2) is 5.92. The maximum Gasteiger partial charge on any atom is 0.336 e. The summed E-state index contributed by atoms with van der Waals surface area (Å²) < 4.78 is 5.84. The molecule has 1 fully saturated rings. The van der Waals surface area contributed by atoms with Gasteiger partial charge in [-0.3, -0.25) is 0 Å². The van der Waals surface area contributed by atoms with Crippen molar-refractivity contribution in [3.8, 4) is 0 Å². The Labute approximate surface area is 102 Å². The lowest BCUT2D eigenvalue weighted by Crippen LogP contribution is -2.46. The van der Waals surface area contributed by atoms with Gasteiger partial charge in [-0.25, -0.2) is 4.79 Å². The van der Waals surface area contributed by atoms with Crippen LogP contribution in [-0.4, -0.2) is 34.3 Å². The quantitative estimate of drug-likeness (QED) is 0.810. The average Bonchev–Trinajstić information content (AvgIpc) is 2.17. The highest BCUT2D eigenvalue weighted by Crippen LogP contribution is 2.32. The second-order valence-electron chi connectivity index (χ2n) is 4.97. The third kappa shape index (κ3) is 3.67. The fourth-order valence-electron chi connectivity index (χ4n) is 2.18. The topological polar surface area (TPSA) is 46.5 Å². The van der Waals surface area contributed by atoms with E-state index in [4.69, 9.17) is 4.74 Å². The van der Waals surface area contributed by atoms with E-state index in [0.29, 0.717) is 18.8 Å². The normalized spacial score (nSPS) is 22.0. The molecule has 1 aliphatic heterocycles. The molecule has 0 aliphatic carbocycles. The number of carbonyl (C=O) groups is 1. The predicted octanol–water partition coefficient (Wildman–Crippen LogP) is 2.79. The van der Waals surface area contributed by atoms with Crippen LogP contribution < -0.4 is 0 Å². The molecule has 0 spiro atoms. The van der Waals surface area contributed by atoms with Crippen LogP contribution in [-0.2, 0) is 9.53 Å². The Bertz CT molecular complexity index is 234. The number of ether oxygens (including phenoxy) is 1. The minimum Gasteiger partial charge on any atom is -0.479 e. The van der Waals surface area contributed by atoms with E-state index >= 15 is 0 Å². The number of hydrogen-bond donors (Lipinski definition) is 1. The van der Waals surface area contributed by atoms with Crippen molar-refractivity contribution in [1.29, 1.82) is 0 Å². The first-order valence-corrected chi connectivity index (χ1v) is 7.11. The molecule has 0 amide bonds. The van der Waals surface area contributed by atoms with Crippen LogP contribution >= 0.6 is 11.8 Å². The third-order valence-corrected chi connectivity index (χ3v) is 3.91. The summed E-state index contributed by atoms with van der Waals surface area (Å²) in [6, 6.07) is 0. The minimum absolute atomic E-state index is 0.0270. The molecule has 0 saturated carbocycles. The van der Waals surface area contributed by atoms with Gasteiger partial charge in [0.1, 0.15) is 0 Å². The van der Waals surface area contributed by atoms with E-state index in [1.807, 2.05) is 18.7 Å². The zero-order chi connectivity index (χ0) is 12.2. The molecule has 1 atom stereocenters. The Morgan fingerprint density at radius 3 is 2.38 bits per heavy atom. The molecule has 0 bridgehead atoms. The third-order valence-electron chi connectivity index (χ3n) is 2.92. The van der Waals surface area contributed by atoms with Crippen LogP contribution in [0.25, 0.3) is 0 Å². The van der Waals surface area contributed by atoms with E-state index in [0.717, 1.165) is 17.9 Å². The van der Waals surface area contributed by atoms with Crippen molar-refractivity contribution >= 4 is 17.7 Å². The number of carboxylic acid groups (broad SMARTS) is 1. The fourth-order valence-corrected chi connectivity index (χ4v) is 3.33. The zero-order valence-electron chi connectivity index (χ0n) is 10.4. The molecule has 3 nitrogen and oxygen atoms in total. The van der Waals surface area contributed by atoms with Crippen molar-refractivity contribution in [2.75, 3.05) is 11.5 Å². The lowest BCUT2D eigenvalue weighted by atomic mass is 9.95. The number of thioether (sulfide) groups is 1. The van der Waals surface area contributed by atoms with Crippen molar-refractivity contribution in [3.05, 3.63) is 0 Å². The summed E-state index contributed by atoms with van der Waals surface area (Å²) >= 11 is 1.81. The molecule has 1 unspecified atom stereocenters. The van der Waals surface area contributed by atoms with Crippen LogP contribution in [0.1, 0.15) is 40.0 Å². The van der Waals surface area contributed by atoms with Gasteiger partial charge in [-0.05, 0) is 43.6 Å². The first-order valence-electron chi connectivity index (χ1n) is 5.95. The van der Waals surface area contributed by atoms with E-state index in [1.165, 1.54) is 0 Å². The Balaban J connectivity index is 2.60. The Kier molecular flexibility index (Phi) is 5.12. The molecule has 94 valence electrons. The van der Waals surface area contributed by atoms with Crippen LogP contribution in [0.2, 0.25) is 0 Å². The number of carboxylic acids is 1. The second-order valence-corrected chi connectivity index (χ2v) is 6.19. The maximum atomic E-state index is 11.4. The van der Waals surface area contributed by atoms with Crippen molar-refractivity contribution in [1.82, 2.24) is 0 Å². The van der Waals surface area contributed by atoms with Crippen LogP contribution in [0.5, 0.6) is 0 Å². The molecule has 0 aromatic carbocycles. The van der Waals surface area contributed by atoms with Gasteiger partial charge in [-0.1, -0.05) is 13.8 Å². The van der Waals surface area contributed by atoms with Gasteiger partial charge in [-0.2, -0.15) is 11.8 Å². The van der Waals surface area contributed by atoms with Gasteiger partial charge >= 0.3 is 5.97 Å². The summed E-state index contributed by atoms with van der Waals surface area (Å²) in [5.41, 5.74) is -0.917. The summed E-state index contributed by atoms with van der Waals surface area (Å²) in [6.45, 7) is 6.24. The van der Waals surface area contributed by atoms with Gasteiger partial charge in [-0.15, -0.1) is 0 Å². The summed E-state index contributed by atoms with van der Waals surface area (Å²) in [6.07, 6.45) is 2.21. The number of aliphatic carboxylic acids is 1. The molecule has 0 aromatic rings. The SMILES string of the molecule is CC(C)CC(C)OC1(C(=O)O)CCSCC1. The molecular formula is C12H22O3S. The molecule has 1 aliphatic rings. The molecule has 1 saturated heterocycles. The monoisotopic (exact) mass is 246 g/mol. The summed E-state index contributed by atoms with van der Waals surface area (Å²) in [5, 5.41) is 9.34. The standard InChI is InChI=1S/C12H22O3S/c1-9(2)8-10(3)15-12(11(13)14)4-6-16-7-5-12/h9-10H,4-8H2,1-3H3,(H,13,14). The highest BCUT2D eigenvalue weighted by atomic mass is 32.2. The number of rotatable bonds is 5. The van der Waals surface area contributed by atoms with Crippen LogP contribution in [0.4, 0.5) is 0 Å². The lowest BCUT2D eigenvalue weighted by molar-refractivity contribution is -0.175. The van der Waals surface area contributed by atoms with Gasteiger partial charge in [0.25, 0.3) is 0 Å². The molecule has 0 aromatic heterocycles. The Morgan fingerprint density at radius 1 is 1.38 bits per heavy atom. The maximum absolute atomic E-state index is 11.4. The van der Waals surface area contributed by atoms with Crippen LogP contribution in [0.15, 0.2) is 0 Å². The predicted molar refractivity (Wildman–Crippen MR) is 66.9 cm³/mol. The van der Waals surface area contributed by atoms with Gasteiger partial charge in [0.05, 0.1) is 6.10 Å². The minimum atomic E-state index is -0.917. The molecule has 1 rings (SSSR count). The van der Waals surface area contributed by atoms with Crippen molar-refractivity contribution < 1.29 is 14.6 Å². The average molecular weight is 246 g/mol. The van der Waals surface area contributed by atoms with E-state index in [-0.39, 0.29) is 6.10 Å². The van der Waals surface area contributed by atoms with Gasteiger partial charge < -0.3 is 9.84 Å². The zero-order valence-corrected chi connectivity index (χ0v) is 11.2. The molecule has 1 heterocycles. The highest BCUT2D eigenvalue weighted by molar-refractivity contribution is 7.99. The molecule has 1 N–H and O–H groups in total. The first kappa shape index (κ1) is 13.8. The summed E-state index contributed by atoms with van der Waals surface area (Å²) in [4.78, 5) is 11.4. The van der Waals surface area contributed by atoms with E-state index in [2.05, 4.69) is 13.8 Å². The number of hydrogen-bond acceptors (Lipinski definition) is 3. The van der Waals surface area contributed by atoms with Gasteiger partial charge in [0.15, 0.2) is 5.60 Å². The lowest BCUT2D eigenvalue weighted by Gasteiger charge is -2.35.